The molecule has 110 valence electrons. The summed E-state index contributed by atoms with van der Waals surface area (Å²) in [6.07, 6.45) is -0.719. The number of halogens is 2. The van der Waals surface area contributed by atoms with Gasteiger partial charge in [0, 0.05) is 11.4 Å². The van der Waals surface area contributed by atoms with Crippen LogP contribution in [0.2, 0.25) is 0 Å². The van der Waals surface area contributed by atoms with Gasteiger partial charge in [-0.1, -0.05) is 13.8 Å². The molecule has 0 radical (unpaired) electrons. The van der Waals surface area contributed by atoms with E-state index in [9.17, 15) is 8.78 Å². The molecule has 0 bridgehead atoms. The van der Waals surface area contributed by atoms with Crippen LogP contribution in [0.25, 0.3) is 10.2 Å². The first-order chi connectivity index (χ1) is 9.63. The highest BCUT2D eigenvalue weighted by molar-refractivity contribution is 7.18. The Bertz CT molecular complexity index is 574. The van der Waals surface area contributed by atoms with E-state index >= 15 is 0 Å². The summed E-state index contributed by atoms with van der Waals surface area (Å²) in [7, 11) is 0. The molecule has 20 heavy (non-hydrogen) atoms. The Kier molecular flexibility index (Phi) is 5.05. The predicted octanol–water partition coefficient (Wildman–Crippen LogP) is 3.72. The maximum absolute atomic E-state index is 12.3. The van der Waals surface area contributed by atoms with E-state index in [1.807, 2.05) is 19.9 Å². The molecule has 0 saturated heterocycles. The van der Waals surface area contributed by atoms with E-state index < -0.39 is 13.0 Å². The molecule has 0 spiro atoms. The molecule has 0 amide bonds. The Morgan fingerprint density at radius 3 is 2.80 bits per heavy atom. The van der Waals surface area contributed by atoms with Crippen LogP contribution in [0.1, 0.15) is 25.1 Å². The van der Waals surface area contributed by atoms with Crippen molar-refractivity contribution in [1.29, 1.82) is 0 Å². The molecule has 0 aliphatic rings. The number of aromatic nitrogens is 2. The third-order valence-corrected chi connectivity index (χ3v) is 3.81. The van der Waals surface area contributed by atoms with Gasteiger partial charge in [0.15, 0.2) is 6.61 Å². The Hall–Kier alpha value is -1.50. The molecule has 0 aliphatic carbocycles. The first-order valence-corrected chi connectivity index (χ1v) is 7.41. The smallest absolute Gasteiger partial charge is 0.272 e. The van der Waals surface area contributed by atoms with Crippen LogP contribution >= 0.6 is 11.3 Å². The minimum absolute atomic E-state index is 0.227. The summed E-state index contributed by atoms with van der Waals surface area (Å²) >= 11 is 1.53. The van der Waals surface area contributed by atoms with E-state index in [0.717, 1.165) is 29.1 Å². The number of thiophene rings is 1. The third-order valence-electron chi connectivity index (χ3n) is 2.64. The number of hydrogen-bond acceptors (Lipinski definition) is 5. The maximum atomic E-state index is 12.3. The fourth-order valence-electron chi connectivity index (χ4n) is 1.69. The van der Waals surface area contributed by atoms with Crippen molar-refractivity contribution in [2.24, 2.45) is 0 Å². The Morgan fingerprint density at radius 1 is 1.35 bits per heavy atom. The van der Waals surface area contributed by atoms with Crippen LogP contribution < -0.4 is 10.1 Å². The van der Waals surface area contributed by atoms with Gasteiger partial charge in [-0.15, -0.1) is 11.3 Å². The predicted molar refractivity (Wildman–Crippen MR) is 77.1 cm³/mol. The standard InChI is InChI=1S/C13H17F2N3OS/c1-3-5-16-13-17-11(19-7-10(14)15)9-6-8(4-2)20-12(9)18-13/h6,10H,3-5,7H2,1-2H3,(H,16,17,18). The fraction of sp³-hybridized carbons (Fsp3) is 0.538. The number of fused-ring (bicyclic) bond motifs is 1. The van der Waals surface area contributed by atoms with Crippen LogP contribution in [0.15, 0.2) is 6.07 Å². The summed E-state index contributed by atoms with van der Waals surface area (Å²) in [5.41, 5.74) is 0. The van der Waals surface area contributed by atoms with E-state index in [1.165, 1.54) is 11.3 Å². The van der Waals surface area contributed by atoms with E-state index in [2.05, 4.69) is 15.3 Å². The van der Waals surface area contributed by atoms with Crippen molar-refractivity contribution in [3.05, 3.63) is 10.9 Å². The second-order valence-corrected chi connectivity index (χ2v) is 5.38. The molecule has 0 atom stereocenters. The lowest BCUT2D eigenvalue weighted by molar-refractivity contribution is 0.0805. The Labute approximate surface area is 120 Å². The number of nitrogens with one attached hydrogen (secondary N) is 1. The van der Waals surface area contributed by atoms with Crippen LogP contribution in [0.3, 0.4) is 0 Å². The molecule has 1 N–H and O–H groups in total. The molecule has 0 unspecified atom stereocenters. The van der Waals surface area contributed by atoms with Gasteiger partial charge in [-0.3, -0.25) is 0 Å². The summed E-state index contributed by atoms with van der Waals surface area (Å²) < 4.78 is 29.8. The number of ether oxygens (including phenoxy) is 1. The third kappa shape index (κ3) is 3.53. The molecule has 0 fully saturated rings. The molecule has 2 rings (SSSR count). The van der Waals surface area contributed by atoms with Crippen molar-refractivity contribution in [3.8, 4) is 5.88 Å². The van der Waals surface area contributed by atoms with Gasteiger partial charge >= 0.3 is 0 Å². The molecular formula is C13H17F2N3OS. The van der Waals surface area contributed by atoms with Crippen LogP contribution in [-0.2, 0) is 6.42 Å². The van der Waals surface area contributed by atoms with Crippen molar-refractivity contribution >= 4 is 27.5 Å². The van der Waals surface area contributed by atoms with Gasteiger partial charge in [-0.05, 0) is 18.9 Å². The molecule has 0 aromatic carbocycles. The first-order valence-electron chi connectivity index (χ1n) is 6.59. The number of rotatable bonds is 7. The lowest BCUT2D eigenvalue weighted by Gasteiger charge is -2.08. The van der Waals surface area contributed by atoms with E-state index in [-0.39, 0.29) is 5.88 Å². The number of aryl methyl sites for hydroxylation is 1. The zero-order chi connectivity index (χ0) is 14.5. The number of hydrogen-bond donors (Lipinski definition) is 1. The molecule has 0 saturated carbocycles. The quantitative estimate of drug-likeness (QED) is 0.846. The topological polar surface area (TPSA) is 47.0 Å². The summed E-state index contributed by atoms with van der Waals surface area (Å²) in [6.45, 7) is 4.14. The minimum Gasteiger partial charge on any atom is -0.471 e. The van der Waals surface area contributed by atoms with Gasteiger partial charge < -0.3 is 10.1 Å². The van der Waals surface area contributed by atoms with Gasteiger partial charge in [0.05, 0.1) is 5.39 Å². The van der Waals surface area contributed by atoms with Crippen LogP contribution in [0.5, 0.6) is 5.88 Å². The second kappa shape index (κ2) is 6.78. The Morgan fingerprint density at radius 2 is 2.15 bits per heavy atom. The number of nitrogens with zero attached hydrogens (tertiary/aromatic N) is 2. The van der Waals surface area contributed by atoms with Crippen molar-refractivity contribution in [3.63, 3.8) is 0 Å². The van der Waals surface area contributed by atoms with Gasteiger partial charge in [0.1, 0.15) is 4.83 Å². The highest BCUT2D eigenvalue weighted by Crippen LogP contribution is 2.31. The van der Waals surface area contributed by atoms with Gasteiger partial charge in [-0.2, -0.15) is 4.98 Å². The van der Waals surface area contributed by atoms with Gasteiger partial charge in [0.2, 0.25) is 11.8 Å². The lowest BCUT2D eigenvalue weighted by atomic mass is 10.3. The first kappa shape index (κ1) is 14.9. The Balaban J connectivity index is 2.35. The molecule has 4 nitrogen and oxygen atoms in total. The molecule has 2 aromatic heterocycles. The SMILES string of the molecule is CCCNc1nc(OCC(F)F)c2cc(CC)sc2n1. The van der Waals surface area contributed by atoms with Crippen LogP contribution in [0.4, 0.5) is 14.7 Å². The highest BCUT2D eigenvalue weighted by atomic mass is 32.1. The molecule has 2 aromatic rings. The minimum atomic E-state index is -2.52. The van der Waals surface area contributed by atoms with Crippen molar-refractivity contribution < 1.29 is 13.5 Å². The second-order valence-electron chi connectivity index (χ2n) is 4.27. The number of alkyl halides is 2. The summed E-state index contributed by atoms with van der Waals surface area (Å²) in [5.74, 6) is 0.651. The van der Waals surface area contributed by atoms with Crippen molar-refractivity contribution in [2.75, 3.05) is 18.5 Å². The zero-order valence-electron chi connectivity index (χ0n) is 11.4. The van der Waals surface area contributed by atoms with E-state index in [1.54, 1.807) is 0 Å². The van der Waals surface area contributed by atoms with Gasteiger partial charge in [0.25, 0.3) is 6.43 Å². The molecule has 7 heteroatoms. The van der Waals surface area contributed by atoms with E-state index in [4.69, 9.17) is 4.74 Å². The monoisotopic (exact) mass is 301 g/mol. The largest absolute Gasteiger partial charge is 0.471 e. The molecule has 2 heterocycles. The zero-order valence-corrected chi connectivity index (χ0v) is 12.3. The summed E-state index contributed by atoms with van der Waals surface area (Å²) in [6, 6.07) is 1.91. The van der Waals surface area contributed by atoms with Crippen molar-refractivity contribution in [2.45, 2.75) is 33.1 Å². The molecular weight excluding hydrogens is 284 g/mol. The summed E-state index contributed by atoms with van der Waals surface area (Å²) in [5, 5.41) is 3.76. The number of anilines is 1. The average molecular weight is 301 g/mol. The van der Waals surface area contributed by atoms with Crippen LogP contribution in [0, 0.1) is 0 Å². The maximum Gasteiger partial charge on any atom is 0.272 e. The fourth-order valence-corrected chi connectivity index (χ4v) is 2.65. The highest BCUT2D eigenvalue weighted by Gasteiger charge is 2.14. The lowest BCUT2D eigenvalue weighted by Crippen LogP contribution is -2.10. The molecule has 0 aliphatic heterocycles. The van der Waals surface area contributed by atoms with Crippen LogP contribution in [-0.4, -0.2) is 29.5 Å². The normalized spacial score (nSPS) is 11.2. The van der Waals surface area contributed by atoms with Gasteiger partial charge in [-0.25, -0.2) is 13.8 Å². The summed E-state index contributed by atoms with van der Waals surface area (Å²) in [4.78, 5) is 10.5. The average Bonchev–Trinajstić information content (AvgIpc) is 2.85. The van der Waals surface area contributed by atoms with Crippen molar-refractivity contribution in [1.82, 2.24) is 9.97 Å². The van der Waals surface area contributed by atoms with E-state index in [0.29, 0.717) is 11.3 Å².